The van der Waals surface area contributed by atoms with Gasteiger partial charge in [-0.05, 0) is 50.1 Å². The van der Waals surface area contributed by atoms with Gasteiger partial charge in [0.1, 0.15) is 0 Å². The Kier molecular flexibility index (Phi) is 5.58. The maximum Gasteiger partial charge on any atom is 0.331 e. The second-order valence-corrected chi connectivity index (χ2v) is 11.4. The molecule has 2 fully saturated rings. The quantitative estimate of drug-likeness (QED) is 0.357. The summed E-state index contributed by atoms with van der Waals surface area (Å²) in [5, 5.41) is 14.0. The van der Waals surface area contributed by atoms with Crippen LogP contribution < -0.4 is 19.7 Å². The maximum absolute atomic E-state index is 14.3. The van der Waals surface area contributed by atoms with Gasteiger partial charge in [-0.15, -0.1) is 0 Å². The van der Waals surface area contributed by atoms with Crippen LogP contribution in [0.2, 0.25) is 0 Å². The van der Waals surface area contributed by atoms with E-state index in [0.717, 1.165) is 16.2 Å². The van der Waals surface area contributed by atoms with Crippen molar-refractivity contribution >= 4 is 29.2 Å². The number of nitro groups is 1. The minimum Gasteiger partial charge on any atom is -0.454 e. The molecule has 0 saturated carbocycles. The van der Waals surface area contributed by atoms with Crippen molar-refractivity contribution < 1.29 is 28.8 Å². The van der Waals surface area contributed by atoms with E-state index in [1.54, 1.807) is 26.8 Å². The molecule has 0 bridgehead atoms. The summed E-state index contributed by atoms with van der Waals surface area (Å²) in [6.07, 6.45) is -0.0480. The van der Waals surface area contributed by atoms with Crippen LogP contribution in [0, 0.1) is 15.5 Å². The van der Waals surface area contributed by atoms with E-state index < -0.39 is 39.8 Å². The second-order valence-electron chi connectivity index (χ2n) is 11.4. The zero-order chi connectivity index (χ0) is 27.7. The molecule has 0 unspecified atom stereocenters. The van der Waals surface area contributed by atoms with Gasteiger partial charge in [0.2, 0.25) is 18.6 Å². The first-order valence-electron chi connectivity index (χ1n) is 12.8. The van der Waals surface area contributed by atoms with E-state index in [-0.39, 0.29) is 18.9 Å². The summed E-state index contributed by atoms with van der Waals surface area (Å²) < 4.78 is 10.9. The van der Waals surface area contributed by atoms with Crippen molar-refractivity contribution in [1.29, 1.82) is 0 Å². The Morgan fingerprint density at radius 2 is 1.85 bits per heavy atom. The minimum atomic E-state index is -1.64. The molecule has 6 rings (SSSR count). The average molecular weight is 536 g/mol. The molecule has 4 aliphatic rings. The van der Waals surface area contributed by atoms with E-state index in [2.05, 4.69) is 10.2 Å². The zero-order valence-corrected chi connectivity index (χ0v) is 21.9. The van der Waals surface area contributed by atoms with Crippen LogP contribution in [0.3, 0.4) is 0 Å². The van der Waals surface area contributed by atoms with Gasteiger partial charge in [0.25, 0.3) is 5.69 Å². The standard InChI is InChI=1S/C27H29N5O7/c1-26(2,3)31-24(34)27(23(33)28-25(31)35)12-17-11-18(32(36)37)5-6-19(17)30-9-8-29(14-22(27)30)13-16-4-7-20-21(10-16)39-15-38-20/h4-7,10-11,22H,8-9,12-15H2,1-3H3,(H,28,33,35)/t22-,27-/m0/s1. The Bertz CT molecular complexity index is 1420. The summed E-state index contributed by atoms with van der Waals surface area (Å²) in [4.78, 5) is 57.3. The van der Waals surface area contributed by atoms with Gasteiger partial charge in [-0.2, -0.15) is 0 Å². The lowest BCUT2D eigenvalue weighted by Gasteiger charge is -2.56. The Balaban J connectivity index is 1.41. The summed E-state index contributed by atoms with van der Waals surface area (Å²) in [6, 6.07) is 8.97. The minimum absolute atomic E-state index is 0.0480. The van der Waals surface area contributed by atoms with Gasteiger partial charge in [0, 0.05) is 56.0 Å². The van der Waals surface area contributed by atoms with Gasteiger partial charge in [-0.25, -0.2) is 4.79 Å². The summed E-state index contributed by atoms with van der Waals surface area (Å²) in [5.41, 5.74) is -0.341. The van der Waals surface area contributed by atoms with Crippen LogP contribution in [0.5, 0.6) is 11.5 Å². The van der Waals surface area contributed by atoms with Crippen molar-refractivity contribution in [1.82, 2.24) is 15.1 Å². The topological polar surface area (TPSA) is 135 Å². The van der Waals surface area contributed by atoms with E-state index in [9.17, 15) is 24.5 Å². The lowest BCUT2D eigenvalue weighted by Crippen LogP contribution is -2.76. The molecule has 2 aromatic rings. The third-order valence-electron chi connectivity index (χ3n) is 8.01. The third kappa shape index (κ3) is 3.89. The number of ether oxygens (including phenoxy) is 2. The number of fused-ring (bicyclic) bond motifs is 5. The molecule has 1 spiro atoms. The molecular weight excluding hydrogens is 506 g/mol. The van der Waals surface area contributed by atoms with Crippen LogP contribution in [0.15, 0.2) is 36.4 Å². The molecule has 2 aromatic carbocycles. The van der Waals surface area contributed by atoms with Gasteiger partial charge in [-0.3, -0.25) is 34.8 Å². The monoisotopic (exact) mass is 535 g/mol. The fourth-order valence-electron chi connectivity index (χ4n) is 6.23. The molecule has 4 heterocycles. The molecule has 4 amide bonds. The fourth-order valence-corrected chi connectivity index (χ4v) is 6.23. The molecule has 204 valence electrons. The molecule has 4 aliphatic heterocycles. The summed E-state index contributed by atoms with van der Waals surface area (Å²) >= 11 is 0. The third-order valence-corrected chi connectivity index (χ3v) is 8.01. The van der Waals surface area contributed by atoms with Gasteiger partial charge < -0.3 is 14.4 Å². The van der Waals surface area contributed by atoms with Crippen LogP contribution in [0.4, 0.5) is 16.2 Å². The first-order valence-corrected chi connectivity index (χ1v) is 12.8. The van der Waals surface area contributed by atoms with E-state index in [1.165, 1.54) is 12.1 Å². The molecule has 2 saturated heterocycles. The lowest BCUT2D eigenvalue weighted by atomic mass is 9.67. The number of barbiturate groups is 1. The number of anilines is 1. The number of carbonyl (C=O) groups excluding carboxylic acids is 3. The van der Waals surface area contributed by atoms with E-state index in [4.69, 9.17) is 9.47 Å². The van der Waals surface area contributed by atoms with E-state index >= 15 is 0 Å². The molecule has 12 heteroatoms. The van der Waals surface area contributed by atoms with Crippen molar-refractivity contribution in [2.24, 2.45) is 5.41 Å². The SMILES string of the molecule is CC(C)(C)N1C(=O)NC(=O)[C@@]2(Cc3cc([N+](=O)[O-])ccc3N3CCN(Cc4ccc5c(c4)OCO5)C[C@H]32)C1=O. The zero-order valence-electron chi connectivity index (χ0n) is 21.9. The number of carbonyl (C=O) groups is 3. The molecule has 0 radical (unpaired) electrons. The maximum atomic E-state index is 14.3. The van der Waals surface area contributed by atoms with E-state index in [1.807, 2.05) is 23.1 Å². The van der Waals surface area contributed by atoms with Crippen LogP contribution in [-0.4, -0.2) is 70.6 Å². The van der Waals surface area contributed by atoms with Gasteiger partial charge in [0.05, 0.1) is 11.0 Å². The fraction of sp³-hybridized carbons (Fsp3) is 0.444. The van der Waals surface area contributed by atoms with E-state index in [0.29, 0.717) is 43.2 Å². The number of nitrogens with one attached hydrogen (secondary N) is 1. The van der Waals surface area contributed by atoms with Crippen LogP contribution in [0.1, 0.15) is 31.9 Å². The highest BCUT2D eigenvalue weighted by Crippen LogP contribution is 2.47. The highest BCUT2D eigenvalue weighted by molar-refractivity contribution is 6.20. The number of amides is 4. The smallest absolute Gasteiger partial charge is 0.331 e. The van der Waals surface area contributed by atoms with Crippen LogP contribution in [-0.2, 0) is 22.6 Å². The Labute approximate surface area is 224 Å². The van der Waals surface area contributed by atoms with Crippen molar-refractivity contribution in [2.45, 2.75) is 45.3 Å². The molecule has 12 nitrogen and oxygen atoms in total. The predicted molar refractivity (Wildman–Crippen MR) is 138 cm³/mol. The number of nitro benzene ring substituents is 1. The number of rotatable bonds is 3. The molecule has 2 atom stereocenters. The van der Waals surface area contributed by atoms with Crippen molar-refractivity contribution in [3.8, 4) is 11.5 Å². The number of imide groups is 2. The summed E-state index contributed by atoms with van der Waals surface area (Å²) in [5.74, 6) is 0.116. The Morgan fingerprint density at radius 1 is 1.08 bits per heavy atom. The van der Waals surface area contributed by atoms with Crippen molar-refractivity contribution in [2.75, 3.05) is 31.3 Å². The number of urea groups is 1. The lowest BCUT2D eigenvalue weighted by molar-refractivity contribution is -0.384. The molecular formula is C27H29N5O7. The van der Waals surface area contributed by atoms with Crippen molar-refractivity contribution in [3.05, 3.63) is 57.6 Å². The molecule has 1 N–H and O–H groups in total. The summed E-state index contributed by atoms with van der Waals surface area (Å²) in [7, 11) is 0. The first-order chi connectivity index (χ1) is 18.5. The number of nitrogens with zero attached hydrogens (tertiary/aromatic N) is 4. The van der Waals surface area contributed by atoms with Gasteiger partial charge in [0.15, 0.2) is 16.9 Å². The molecule has 0 aliphatic carbocycles. The number of piperazine rings is 1. The number of non-ortho nitro benzene ring substituents is 1. The Morgan fingerprint density at radius 3 is 2.59 bits per heavy atom. The van der Waals surface area contributed by atoms with Crippen molar-refractivity contribution in [3.63, 3.8) is 0 Å². The van der Waals surface area contributed by atoms with Crippen LogP contribution in [0.25, 0.3) is 0 Å². The number of hydrogen-bond acceptors (Lipinski definition) is 9. The average Bonchev–Trinajstić information content (AvgIpc) is 3.34. The number of hydrogen-bond donors (Lipinski definition) is 1. The molecule has 0 aromatic heterocycles. The van der Waals surface area contributed by atoms with Gasteiger partial charge in [-0.1, -0.05) is 6.07 Å². The predicted octanol–water partition coefficient (Wildman–Crippen LogP) is 2.43. The highest BCUT2D eigenvalue weighted by atomic mass is 16.7. The Hall–Kier alpha value is -4.19. The normalized spacial score (nSPS) is 24.5. The second kappa shape index (κ2) is 8.67. The molecule has 39 heavy (non-hydrogen) atoms. The first kappa shape index (κ1) is 25.1. The number of benzene rings is 2. The summed E-state index contributed by atoms with van der Waals surface area (Å²) in [6.45, 7) is 7.44. The van der Waals surface area contributed by atoms with Gasteiger partial charge >= 0.3 is 6.03 Å². The van der Waals surface area contributed by atoms with Crippen LogP contribution >= 0.6 is 0 Å². The largest absolute Gasteiger partial charge is 0.454 e. The highest BCUT2D eigenvalue weighted by Gasteiger charge is 2.64.